The smallest absolute Gasteiger partial charge is 0.238 e. The molecule has 1 aliphatic carbocycles. The monoisotopic (exact) mass is 244 g/mol. The van der Waals surface area contributed by atoms with Gasteiger partial charge in [-0.25, -0.2) is 0 Å². The highest BCUT2D eigenvalue weighted by molar-refractivity contribution is 8.01. The summed E-state index contributed by atoms with van der Waals surface area (Å²) in [5.41, 5.74) is 12.1. The molecule has 15 heavy (non-hydrogen) atoms. The Bertz CT molecular complexity index is 352. The van der Waals surface area contributed by atoms with Gasteiger partial charge in [-0.05, 0) is 18.8 Å². The maximum Gasteiger partial charge on any atom is 0.238 e. The number of amides is 1. The lowest BCUT2D eigenvalue weighted by atomic mass is 9.96. The predicted molar refractivity (Wildman–Crippen MR) is 59.5 cm³/mol. The Morgan fingerprint density at radius 3 is 2.93 bits per heavy atom. The van der Waals surface area contributed by atoms with Gasteiger partial charge in [0.1, 0.15) is 11.0 Å². The molecule has 1 aromatic rings. The first kappa shape index (κ1) is 10.8. The van der Waals surface area contributed by atoms with Crippen molar-refractivity contribution in [1.29, 1.82) is 0 Å². The van der Waals surface area contributed by atoms with Crippen LogP contribution in [-0.4, -0.2) is 27.4 Å². The van der Waals surface area contributed by atoms with E-state index in [1.807, 2.05) is 0 Å². The first-order valence-electron chi connectivity index (χ1n) is 4.60. The van der Waals surface area contributed by atoms with Crippen molar-refractivity contribution in [3.8, 4) is 0 Å². The number of hydrogen-bond acceptors (Lipinski definition) is 6. The van der Waals surface area contributed by atoms with Gasteiger partial charge in [-0.1, -0.05) is 23.1 Å². The second-order valence-electron chi connectivity index (χ2n) is 3.67. The van der Waals surface area contributed by atoms with Crippen LogP contribution in [0.2, 0.25) is 0 Å². The van der Waals surface area contributed by atoms with Crippen LogP contribution >= 0.6 is 23.1 Å². The first-order chi connectivity index (χ1) is 7.13. The molecule has 5 nitrogen and oxygen atoms in total. The molecule has 1 amide bonds. The summed E-state index contributed by atoms with van der Waals surface area (Å²) < 4.78 is 0.826. The molecule has 0 radical (unpaired) electrons. The minimum Gasteiger partial charge on any atom is -0.368 e. The van der Waals surface area contributed by atoms with Crippen molar-refractivity contribution in [3.63, 3.8) is 0 Å². The lowest BCUT2D eigenvalue weighted by molar-refractivity contribution is -0.123. The molecule has 0 aromatic carbocycles. The Morgan fingerprint density at radius 1 is 1.73 bits per heavy atom. The molecule has 1 aromatic heterocycles. The molecule has 2 rings (SSSR count). The van der Waals surface area contributed by atoms with Crippen molar-refractivity contribution in [3.05, 3.63) is 5.51 Å². The van der Waals surface area contributed by atoms with Crippen molar-refractivity contribution in [2.24, 2.45) is 17.4 Å². The van der Waals surface area contributed by atoms with E-state index < -0.39 is 11.4 Å². The van der Waals surface area contributed by atoms with Gasteiger partial charge in [0.15, 0.2) is 4.34 Å². The minimum absolute atomic E-state index is 0.246. The van der Waals surface area contributed by atoms with Gasteiger partial charge < -0.3 is 11.5 Å². The normalized spacial score (nSPS) is 19.8. The van der Waals surface area contributed by atoms with Crippen LogP contribution in [-0.2, 0) is 4.79 Å². The van der Waals surface area contributed by atoms with Gasteiger partial charge in [-0.15, -0.1) is 10.2 Å². The molecule has 82 valence electrons. The molecule has 0 bridgehead atoms. The van der Waals surface area contributed by atoms with Gasteiger partial charge in [-0.3, -0.25) is 4.79 Å². The van der Waals surface area contributed by atoms with E-state index in [1.54, 1.807) is 5.51 Å². The Morgan fingerprint density at radius 2 is 2.47 bits per heavy atom. The van der Waals surface area contributed by atoms with Crippen molar-refractivity contribution >= 4 is 29.0 Å². The SMILES string of the molecule is NC(=O)C(N)(CSc1nncs1)C1CC1. The molecule has 1 unspecified atom stereocenters. The zero-order valence-corrected chi connectivity index (χ0v) is 9.68. The molecule has 4 N–H and O–H groups in total. The minimum atomic E-state index is -0.879. The van der Waals surface area contributed by atoms with Gasteiger partial charge in [-0.2, -0.15) is 0 Å². The largest absolute Gasteiger partial charge is 0.368 e. The summed E-state index contributed by atoms with van der Waals surface area (Å²) in [5.74, 6) is 0.319. The molecule has 1 atom stereocenters. The van der Waals surface area contributed by atoms with Crippen LogP contribution in [0.15, 0.2) is 9.85 Å². The van der Waals surface area contributed by atoms with Gasteiger partial charge in [0.05, 0.1) is 0 Å². The number of carbonyl (C=O) groups is 1. The molecule has 1 saturated carbocycles. The molecular formula is C8H12N4OS2. The van der Waals surface area contributed by atoms with Crippen LogP contribution in [0.4, 0.5) is 0 Å². The Kier molecular flexibility index (Phi) is 2.94. The van der Waals surface area contributed by atoms with E-state index in [-0.39, 0.29) is 5.92 Å². The average Bonchev–Trinajstić information content (AvgIpc) is 2.93. The van der Waals surface area contributed by atoms with Gasteiger partial charge in [0, 0.05) is 5.75 Å². The third-order valence-corrected chi connectivity index (χ3v) is 4.61. The van der Waals surface area contributed by atoms with Crippen LogP contribution in [0.1, 0.15) is 12.8 Å². The number of nitrogens with two attached hydrogens (primary N) is 2. The third-order valence-electron chi connectivity index (χ3n) is 2.54. The average molecular weight is 244 g/mol. The second-order valence-corrected chi connectivity index (χ2v) is 5.73. The number of carbonyl (C=O) groups excluding carboxylic acids is 1. The summed E-state index contributed by atoms with van der Waals surface area (Å²) in [4.78, 5) is 11.3. The molecular weight excluding hydrogens is 232 g/mol. The quantitative estimate of drug-likeness (QED) is 0.723. The molecule has 1 aliphatic rings. The van der Waals surface area contributed by atoms with E-state index in [1.165, 1.54) is 23.1 Å². The fourth-order valence-corrected chi connectivity index (χ4v) is 3.10. The van der Waals surface area contributed by atoms with Gasteiger partial charge in [0.25, 0.3) is 0 Å². The highest BCUT2D eigenvalue weighted by atomic mass is 32.2. The zero-order valence-electron chi connectivity index (χ0n) is 8.05. The van der Waals surface area contributed by atoms with Gasteiger partial charge in [0.2, 0.25) is 5.91 Å². The number of nitrogens with zero attached hydrogens (tertiary/aromatic N) is 2. The van der Waals surface area contributed by atoms with E-state index in [4.69, 9.17) is 11.5 Å². The van der Waals surface area contributed by atoms with E-state index in [9.17, 15) is 4.79 Å². The van der Waals surface area contributed by atoms with E-state index in [0.29, 0.717) is 5.75 Å². The van der Waals surface area contributed by atoms with E-state index >= 15 is 0 Å². The van der Waals surface area contributed by atoms with E-state index in [2.05, 4.69) is 10.2 Å². The van der Waals surface area contributed by atoms with Crippen molar-refractivity contribution in [2.75, 3.05) is 5.75 Å². The highest BCUT2D eigenvalue weighted by Crippen LogP contribution is 2.40. The van der Waals surface area contributed by atoms with Crippen LogP contribution in [0, 0.1) is 5.92 Å². The van der Waals surface area contributed by atoms with Gasteiger partial charge >= 0.3 is 0 Å². The summed E-state index contributed by atoms with van der Waals surface area (Å²) in [5, 5.41) is 7.60. The number of thioether (sulfide) groups is 1. The van der Waals surface area contributed by atoms with Crippen LogP contribution in [0.5, 0.6) is 0 Å². The standard InChI is InChI=1S/C8H12N4OS2/c9-6(13)8(10,5-1-2-5)3-14-7-12-11-4-15-7/h4-5H,1-3,10H2,(H2,9,13). The summed E-state index contributed by atoms with van der Waals surface area (Å²) in [7, 11) is 0. The summed E-state index contributed by atoms with van der Waals surface area (Å²) in [6.07, 6.45) is 1.99. The maximum atomic E-state index is 11.3. The van der Waals surface area contributed by atoms with Crippen LogP contribution < -0.4 is 11.5 Å². The molecule has 0 spiro atoms. The van der Waals surface area contributed by atoms with E-state index in [0.717, 1.165) is 17.2 Å². The lowest BCUT2D eigenvalue weighted by Crippen LogP contribution is -2.56. The van der Waals surface area contributed by atoms with Crippen molar-refractivity contribution in [2.45, 2.75) is 22.7 Å². The fourth-order valence-electron chi connectivity index (χ4n) is 1.40. The fraction of sp³-hybridized carbons (Fsp3) is 0.625. The highest BCUT2D eigenvalue weighted by Gasteiger charge is 2.46. The Balaban J connectivity index is 1.98. The second kappa shape index (κ2) is 4.07. The lowest BCUT2D eigenvalue weighted by Gasteiger charge is -2.24. The Hall–Kier alpha value is -0.660. The van der Waals surface area contributed by atoms with Crippen molar-refractivity contribution < 1.29 is 4.79 Å². The molecule has 0 aliphatic heterocycles. The molecule has 1 heterocycles. The summed E-state index contributed by atoms with van der Waals surface area (Å²) in [6, 6.07) is 0. The van der Waals surface area contributed by atoms with Crippen LogP contribution in [0.3, 0.4) is 0 Å². The topological polar surface area (TPSA) is 94.9 Å². The molecule has 1 fully saturated rings. The number of hydrogen-bond donors (Lipinski definition) is 2. The third kappa shape index (κ3) is 2.30. The maximum absolute atomic E-state index is 11.3. The zero-order chi connectivity index (χ0) is 10.9. The first-order valence-corrected chi connectivity index (χ1v) is 6.47. The number of rotatable bonds is 5. The van der Waals surface area contributed by atoms with Crippen molar-refractivity contribution in [1.82, 2.24) is 10.2 Å². The molecule has 0 saturated heterocycles. The predicted octanol–water partition coefficient (Wildman–Crippen LogP) is 0.223. The molecule has 7 heteroatoms. The Labute approximate surface area is 95.6 Å². The summed E-state index contributed by atoms with van der Waals surface area (Å²) >= 11 is 2.89. The van der Waals surface area contributed by atoms with Crippen LogP contribution in [0.25, 0.3) is 0 Å². The summed E-state index contributed by atoms with van der Waals surface area (Å²) in [6.45, 7) is 0. The number of aromatic nitrogens is 2. The number of primary amides is 1.